The van der Waals surface area contributed by atoms with Crippen molar-refractivity contribution in [2.75, 3.05) is 17.1 Å². The quantitative estimate of drug-likeness (QED) is 0.530. The van der Waals surface area contributed by atoms with E-state index >= 15 is 0 Å². The maximum atomic E-state index is 12.8. The van der Waals surface area contributed by atoms with Crippen LogP contribution in [0.4, 0.5) is 11.4 Å². The van der Waals surface area contributed by atoms with Crippen LogP contribution in [0.1, 0.15) is 26.3 Å². The molecular formula is C22H19ClN2O5S. The van der Waals surface area contributed by atoms with Crippen molar-refractivity contribution >= 4 is 44.9 Å². The minimum atomic E-state index is -4.02. The molecule has 3 aromatic carbocycles. The second kappa shape index (κ2) is 9.20. The number of hydrogen-bond acceptors (Lipinski definition) is 5. The summed E-state index contributed by atoms with van der Waals surface area (Å²) in [7, 11) is -2.75. The summed E-state index contributed by atoms with van der Waals surface area (Å²) in [6.45, 7) is 1.84. The molecule has 0 radical (unpaired) electrons. The molecule has 3 rings (SSSR count). The molecule has 0 unspecified atom stereocenters. The number of anilines is 2. The van der Waals surface area contributed by atoms with E-state index in [1.807, 2.05) is 13.0 Å². The first kappa shape index (κ1) is 22.3. The van der Waals surface area contributed by atoms with E-state index in [0.717, 1.165) is 5.56 Å². The molecule has 2 N–H and O–H groups in total. The standard InChI is InChI=1S/C22H19ClN2O5S/c1-14-4-3-5-18(12-14)25-31(28,29)20-13-16(8-11-19(20)23)21(26)24-17-9-6-15(7-10-17)22(27)30-2/h3-13,25H,1-2H3,(H,24,26). The Morgan fingerprint density at radius 1 is 0.903 bits per heavy atom. The van der Waals surface area contributed by atoms with Gasteiger partial charge in [0.15, 0.2) is 0 Å². The van der Waals surface area contributed by atoms with Crippen molar-refractivity contribution in [3.63, 3.8) is 0 Å². The largest absolute Gasteiger partial charge is 0.465 e. The van der Waals surface area contributed by atoms with Crippen LogP contribution in [0.5, 0.6) is 0 Å². The Hall–Kier alpha value is -3.36. The third-order valence-corrected chi connectivity index (χ3v) is 6.18. The number of methoxy groups -OCH3 is 1. The zero-order chi connectivity index (χ0) is 22.6. The minimum Gasteiger partial charge on any atom is -0.465 e. The first-order chi connectivity index (χ1) is 14.7. The molecule has 31 heavy (non-hydrogen) atoms. The summed E-state index contributed by atoms with van der Waals surface area (Å²) >= 11 is 6.11. The third-order valence-electron chi connectivity index (χ3n) is 4.32. The monoisotopic (exact) mass is 458 g/mol. The van der Waals surface area contributed by atoms with Gasteiger partial charge in [-0.15, -0.1) is 0 Å². The summed E-state index contributed by atoms with van der Waals surface area (Å²) in [5.74, 6) is -1.03. The van der Waals surface area contributed by atoms with Crippen LogP contribution in [0.25, 0.3) is 0 Å². The molecule has 3 aromatic rings. The van der Waals surface area contributed by atoms with Gasteiger partial charge in [0.05, 0.1) is 17.7 Å². The molecule has 0 aliphatic heterocycles. The first-order valence-corrected chi connectivity index (χ1v) is 10.9. The Labute approximate surface area is 185 Å². The average molecular weight is 459 g/mol. The van der Waals surface area contributed by atoms with Crippen LogP contribution in [0.15, 0.2) is 71.6 Å². The molecule has 7 nitrogen and oxygen atoms in total. The predicted octanol–water partition coefficient (Wildman–Crippen LogP) is 4.49. The van der Waals surface area contributed by atoms with Crippen LogP contribution in [0, 0.1) is 6.92 Å². The normalized spacial score (nSPS) is 10.9. The molecule has 0 aliphatic rings. The smallest absolute Gasteiger partial charge is 0.337 e. The number of sulfonamides is 1. The topological polar surface area (TPSA) is 102 Å². The zero-order valence-corrected chi connectivity index (χ0v) is 18.3. The summed E-state index contributed by atoms with van der Waals surface area (Å²) in [5.41, 5.74) is 2.14. The van der Waals surface area contributed by atoms with Gasteiger partial charge in [-0.2, -0.15) is 0 Å². The molecule has 0 heterocycles. The SMILES string of the molecule is COC(=O)c1ccc(NC(=O)c2ccc(Cl)c(S(=O)(=O)Nc3cccc(C)c3)c2)cc1. The van der Waals surface area contributed by atoms with Gasteiger partial charge in [0.2, 0.25) is 0 Å². The highest BCUT2D eigenvalue weighted by molar-refractivity contribution is 7.92. The zero-order valence-electron chi connectivity index (χ0n) is 16.7. The molecule has 0 spiro atoms. The Morgan fingerprint density at radius 2 is 1.58 bits per heavy atom. The Balaban J connectivity index is 1.82. The molecule has 160 valence electrons. The molecule has 0 fully saturated rings. The number of nitrogens with one attached hydrogen (secondary N) is 2. The molecule has 1 amide bonds. The number of halogens is 1. The summed E-state index contributed by atoms with van der Waals surface area (Å²) in [4.78, 5) is 23.9. The van der Waals surface area contributed by atoms with Gasteiger partial charge in [0, 0.05) is 16.9 Å². The number of benzene rings is 3. The fourth-order valence-corrected chi connectivity index (χ4v) is 4.36. The van der Waals surface area contributed by atoms with Crippen LogP contribution in [-0.2, 0) is 14.8 Å². The van der Waals surface area contributed by atoms with Crippen molar-refractivity contribution in [2.24, 2.45) is 0 Å². The molecule has 0 saturated heterocycles. The Bertz CT molecular complexity index is 1240. The number of ether oxygens (including phenoxy) is 1. The summed E-state index contributed by atoms with van der Waals surface area (Å²) in [6, 6.07) is 16.9. The minimum absolute atomic E-state index is 0.0147. The highest BCUT2D eigenvalue weighted by Gasteiger charge is 2.21. The van der Waals surface area contributed by atoms with E-state index in [2.05, 4.69) is 14.8 Å². The fraction of sp³-hybridized carbons (Fsp3) is 0.0909. The number of aryl methyl sites for hydroxylation is 1. The number of amides is 1. The Morgan fingerprint density at radius 3 is 2.23 bits per heavy atom. The van der Waals surface area contributed by atoms with Gasteiger partial charge in [0.25, 0.3) is 15.9 Å². The lowest BCUT2D eigenvalue weighted by Gasteiger charge is -2.12. The van der Waals surface area contributed by atoms with Crippen molar-refractivity contribution in [2.45, 2.75) is 11.8 Å². The van der Waals surface area contributed by atoms with Gasteiger partial charge in [0.1, 0.15) is 4.90 Å². The van der Waals surface area contributed by atoms with Crippen LogP contribution in [-0.4, -0.2) is 27.4 Å². The van der Waals surface area contributed by atoms with Crippen LogP contribution >= 0.6 is 11.6 Å². The predicted molar refractivity (Wildman–Crippen MR) is 119 cm³/mol. The lowest BCUT2D eigenvalue weighted by molar-refractivity contribution is 0.0600. The van der Waals surface area contributed by atoms with Crippen molar-refractivity contribution in [1.29, 1.82) is 0 Å². The van der Waals surface area contributed by atoms with Crippen molar-refractivity contribution in [3.05, 3.63) is 88.4 Å². The number of carbonyl (C=O) groups excluding carboxylic acids is 2. The lowest BCUT2D eigenvalue weighted by atomic mass is 10.2. The number of esters is 1. The number of rotatable bonds is 6. The first-order valence-electron chi connectivity index (χ1n) is 9.08. The second-order valence-electron chi connectivity index (χ2n) is 6.64. The van der Waals surface area contributed by atoms with E-state index in [1.54, 1.807) is 18.2 Å². The molecule has 0 bridgehead atoms. The van der Waals surface area contributed by atoms with Crippen molar-refractivity contribution < 1.29 is 22.7 Å². The third kappa shape index (κ3) is 5.42. The summed E-state index contributed by atoms with van der Waals surface area (Å²) in [6.07, 6.45) is 0. The van der Waals surface area contributed by atoms with E-state index in [4.69, 9.17) is 11.6 Å². The number of hydrogen-bond donors (Lipinski definition) is 2. The summed E-state index contributed by atoms with van der Waals surface area (Å²) < 4.78 is 32.7. The molecular weight excluding hydrogens is 440 g/mol. The van der Waals surface area contributed by atoms with Gasteiger partial charge >= 0.3 is 5.97 Å². The van der Waals surface area contributed by atoms with Crippen molar-refractivity contribution in [1.82, 2.24) is 0 Å². The Kier molecular flexibility index (Phi) is 6.62. The average Bonchev–Trinajstić information content (AvgIpc) is 2.73. The van der Waals surface area contributed by atoms with Crippen LogP contribution in [0.2, 0.25) is 5.02 Å². The van der Waals surface area contributed by atoms with Gasteiger partial charge in [-0.3, -0.25) is 9.52 Å². The molecule has 0 saturated carbocycles. The van der Waals surface area contributed by atoms with Crippen LogP contribution in [0.3, 0.4) is 0 Å². The summed E-state index contributed by atoms with van der Waals surface area (Å²) in [5, 5.41) is 2.63. The van der Waals surface area contributed by atoms with E-state index in [9.17, 15) is 18.0 Å². The van der Waals surface area contributed by atoms with E-state index in [-0.39, 0.29) is 15.5 Å². The number of carbonyl (C=O) groups is 2. The van der Waals surface area contributed by atoms with Gasteiger partial charge in [-0.1, -0.05) is 23.7 Å². The van der Waals surface area contributed by atoms with Gasteiger partial charge in [-0.25, -0.2) is 13.2 Å². The van der Waals surface area contributed by atoms with Gasteiger partial charge < -0.3 is 10.1 Å². The highest BCUT2D eigenvalue weighted by atomic mass is 35.5. The maximum absolute atomic E-state index is 12.8. The maximum Gasteiger partial charge on any atom is 0.337 e. The second-order valence-corrected chi connectivity index (χ2v) is 8.70. The molecule has 0 aromatic heterocycles. The highest BCUT2D eigenvalue weighted by Crippen LogP contribution is 2.26. The fourth-order valence-electron chi connectivity index (χ4n) is 2.78. The molecule has 0 aliphatic carbocycles. The lowest BCUT2D eigenvalue weighted by Crippen LogP contribution is -2.16. The van der Waals surface area contributed by atoms with E-state index in [0.29, 0.717) is 16.9 Å². The molecule has 0 atom stereocenters. The molecule has 9 heteroatoms. The van der Waals surface area contributed by atoms with Crippen molar-refractivity contribution in [3.8, 4) is 0 Å². The van der Waals surface area contributed by atoms with Gasteiger partial charge in [-0.05, 0) is 67.1 Å². The van der Waals surface area contributed by atoms with E-state index < -0.39 is 21.9 Å². The van der Waals surface area contributed by atoms with Crippen LogP contribution < -0.4 is 10.0 Å². The van der Waals surface area contributed by atoms with E-state index in [1.165, 1.54) is 49.6 Å².